The fourth-order valence-corrected chi connectivity index (χ4v) is 9.53. The number of rotatable bonds is 13. The summed E-state index contributed by atoms with van der Waals surface area (Å²) in [5.74, 6) is 6.64. The summed E-state index contributed by atoms with van der Waals surface area (Å²) in [6, 6.07) is 0. The van der Waals surface area contributed by atoms with Crippen LogP contribution in [0.2, 0.25) is 0 Å². The van der Waals surface area contributed by atoms with Crippen molar-refractivity contribution in [2.24, 2.45) is 46.8 Å². The monoisotopic (exact) mass is 484 g/mol. The van der Waals surface area contributed by atoms with Crippen LogP contribution in [-0.4, -0.2) is 12.7 Å². The molecule has 0 bridgehead atoms. The highest BCUT2D eigenvalue weighted by molar-refractivity contribution is 5.20. The van der Waals surface area contributed by atoms with Gasteiger partial charge in [0.05, 0.1) is 6.10 Å². The Balaban J connectivity index is 1.27. The van der Waals surface area contributed by atoms with Gasteiger partial charge in [0.2, 0.25) is 0 Å². The summed E-state index contributed by atoms with van der Waals surface area (Å²) in [5.41, 5.74) is 2.44. The van der Waals surface area contributed by atoms with Crippen LogP contribution in [0.5, 0.6) is 0 Å². The van der Waals surface area contributed by atoms with Crippen LogP contribution in [-0.2, 0) is 4.74 Å². The summed E-state index contributed by atoms with van der Waals surface area (Å²) in [6.45, 7) is 13.4. The highest BCUT2D eigenvalue weighted by atomic mass is 16.5. The van der Waals surface area contributed by atoms with E-state index in [0.29, 0.717) is 11.5 Å². The van der Waals surface area contributed by atoms with Crippen LogP contribution in [0.25, 0.3) is 0 Å². The molecule has 35 heavy (non-hydrogen) atoms. The molecule has 0 spiro atoms. The molecule has 202 valence electrons. The van der Waals surface area contributed by atoms with Crippen LogP contribution in [0.15, 0.2) is 11.6 Å². The molecule has 0 aromatic heterocycles. The first-order valence-electron chi connectivity index (χ1n) is 16.2. The molecule has 0 aromatic rings. The van der Waals surface area contributed by atoms with Crippen LogP contribution in [0.3, 0.4) is 0 Å². The maximum Gasteiger partial charge on any atom is 0.0612 e. The van der Waals surface area contributed by atoms with E-state index >= 15 is 0 Å². The van der Waals surface area contributed by atoms with Gasteiger partial charge >= 0.3 is 0 Å². The standard InChI is InChI=1S/C34H60O/c1-6-7-8-9-10-11-23-35-28-16-18-29-27(24-28)15-17-31-30(29)21-22-34(5)32(19-20-33(31)34)26(4)14-12-13-25(2)3/h15,25-26,28-33H,6-14,16-24H2,1-5H3/t26?,28-,29?,30?,31?,32+,33?,34+/m0/s1. The number of hydrogen-bond donors (Lipinski definition) is 0. The lowest BCUT2D eigenvalue weighted by Gasteiger charge is -2.54. The third-order valence-corrected chi connectivity index (χ3v) is 11.5. The molecule has 0 aliphatic heterocycles. The second kappa shape index (κ2) is 13.0. The smallest absolute Gasteiger partial charge is 0.0612 e. The zero-order chi connectivity index (χ0) is 24.8. The minimum atomic E-state index is 0.515. The Morgan fingerprint density at radius 2 is 1.69 bits per heavy atom. The average Bonchev–Trinajstić information content (AvgIpc) is 3.20. The Morgan fingerprint density at radius 1 is 0.886 bits per heavy atom. The molecule has 0 radical (unpaired) electrons. The van der Waals surface area contributed by atoms with Crippen molar-refractivity contribution in [3.05, 3.63) is 11.6 Å². The molecule has 4 aliphatic rings. The normalized spacial score (nSPS) is 37.5. The fourth-order valence-electron chi connectivity index (χ4n) is 9.53. The Hall–Kier alpha value is -0.300. The summed E-state index contributed by atoms with van der Waals surface area (Å²) in [6.07, 6.45) is 27.2. The zero-order valence-electron chi connectivity index (χ0n) is 24.3. The molecule has 3 fully saturated rings. The van der Waals surface area contributed by atoms with Gasteiger partial charge in [-0.15, -0.1) is 0 Å². The van der Waals surface area contributed by atoms with Crippen molar-refractivity contribution >= 4 is 0 Å². The number of fused-ring (bicyclic) bond motifs is 5. The molecule has 0 amide bonds. The van der Waals surface area contributed by atoms with Crippen LogP contribution < -0.4 is 0 Å². The molecule has 3 saturated carbocycles. The Morgan fingerprint density at radius 3 is 2.49 bits per heavy atom. The van der Waals surface area contributed by atoms with Gasteiger partial charge in [-0.3, -0.25) is 0 Å². The number of hydrogen-bond acceptors (Lipinski definition) is 1. The largest absolute Gasteiger partial charge is 0.378 e. The van der Waals surface area contributed by atoms with Crippen molar-refractivity contribution in [2.75, 3.05) is 6.61 Å². The number of unbranched alkanes of at least 4 members (excludes halogenated alkanes) is 5. The van der Waals surface area contributed by atoms with Gasteiger partial charge in [0.15, 0.2) is 0 Å². The molecule has 8 atom stereocenters. The van der Waals surface area contributed by atoms with E-state index in [1.54, 1.807) is 0 Å². The maximum absolute atomic E-state index is 6.41. The Bertz CT molecular complexity index is 664. The second-order valence-electron chi connectivity index (χ2n) is 14.1. The first-order chi connectivity index (χ1) is 16.9. The van der Waals surface area contributed by atoms with E-state index in [-0.39, 0.29) is 0 Å². The van der Waals surface area contributed by atoms with E-state index in [2.05, 4.69) is 40.7 Å². The van der Waals surface area contributed by atoms with Gasteiger partial charge in [0.1, 0.15) is 0 Å². The predicted octanol–water partition coefficient (Wildman–Crippen LogP) is 10.4. The molecule has 1 heteroatoms. The van der Waals surface area contributed by atoms with Gasteiger partial charge in [0, 0.05) is 6.61 Å². The zero-order valence-corrected chi connectivity index (χ0v) is 24.3. The van der Waals surface area contributed by atoms with Gasteiger partial charge < -0.3 is 4.74 Å². The molecule has 0 saturated heterocycles. The number of allylic oxidation sites excluding steroid dienone is 1. The number of ether oxygens (including phenoxy) is 1. The van der Waals surface area contributed by atoms with Gasteiger partial charge in [-0.1, -0.05) is 97.6 Å². The molecule has 1 nitrogen and oxygen atoms in total. The maximum atomic E-state index is 6.41. The highest BCUT2D eigenvalue weighted by Crippen LogP contribution is 2.64. The first kappa shape index (κ1) is 27.7. The summed E-state index contributed by atoms with van der Waals surface area (Å²) >= 11 is 0. The molecule has 0 heterocycles. The molecule has 5 unspecified atom stereocenters. The second-order valence-corrected chi connectivity index (χ2v) is 14.1. The summed E-state index contributed by atoms with van der Waals surface area (Å²) in [7, 11) is 0. The van der Waals surface area contributed by atoms with Gasteiger partial charge in [-0.25, -0.2) is 0 Å². The average molecular weight is 485 g/mol. The lowest BCUT2D eigenvalue weighted by Crippen LogP contribution is -2.47. The van der Waals surface area contributed by atoms with E-state index in [4.69, 9.17) is 4.74 Å². The van der Waals surface area contributed by atoms with E-state index < -0.39 is 0 Å². The molecule has 4 aliphatic carbocycles. The van der Waals surface area contributed by atoms with Gasteiger partial charge in [-0.2, -0.15) is 0 Å². The molecule has 0 N–H and O–H groups in total. The first-order valence-corrected chi connectivity index (χ1v) is 16.2. The quantitative estimate of drug-likeness (QED) is 0.186. The van der Waals surface area contributed by atoms with Crippen LogP contribution >= 0.6 is 0 Å². The minimum Gasteiger partial charge on any atom is -0.378 e. The van der Waals surface area contributed by atoms with Crippen LogP contribution in [0.1, 0.15) is 144 Å². The van der Waals surface area contributed by atoms with Gasteiger partial charge in [0.25, 0.3) is 0 Å². The summed E-state index contributed by atoms with van der Waals surface area (Å²) in [4.78, 5) is 0. The van der Waals surface area contributed by atoms with Crippen molar-refractivity contribution in [2.45, 2.75) is 150 Å². The van der Waals surface area contributed by atoms with Crippen molar-refractivity contribution in [1.82, 2.24) is 0 Å². The van der Waals surface area contributed by atoms with Crippen molar-refractivity contribution in [1.29, 1.82) is 0 Å². The summed E-state index contributed by atoms with van der Waals surface area (Å²) in [5, 5.41) is 0. The lowest BCUT2D eigenvalue weighted by atomic mass is 9.51. The molecular formula is C34H60O. The molecule has 4 rings (SSSR count). The molecule has 0 aromatic carbocycles. The van der Waals surface area contributed by atoms with E-state index in [9.17, 15) is 0 Å². The van der Waals surface area contributed by atoms with Crippen molar-refractivity contribution < 1.29 is 4.74 Å². The van der Waals surface area contributed by atoms with Crippen LogP contribution in [0, 0.1) is 46.8 Å². The molecular weight excluding hydrogens is 424 g/mol. The summed E-state index contributed by atoms with van der Waals surface area (Å²) < 4.78 is 6.41. The topological polar surface area (TPSA) is 9.23 Å². The third kappa shape index (κ3) is 6.59. The fraction of sp³-hybridized carbons (Fsp3) is 0.941. The van der Waals surface area contributed by atoms with E-state index in [1.807, 2.05) is 5.57 Å². The lowest BCUT2D eigenvalue weighted by molar-refractivity contribution is -0.0358. The van der Waals surface area contributed by atoms with E-state index in [1.165, 1.54) is 109 Å². The van der Waals surface area contributed by atoms with Crippen molar-refractivity contribution in [3.8, 4) is 0 Å². The SMILES string of the molecule is CCCCCCCCO[C@H]1CCC2C(=CCC3C2CC[C@@]2(C)C3CC[C@@H]2C(C)CCCC(C)C)C1. The third-order valence-electron chi connectivity index (χ3n) is 11.5. The predicted molar refractivity (Wildman–Crippen MR) is 152 cm³/mol. The minimum absolute atomic E-state index is 0.515. The van der Waals surface area contributed by atoms with Crippen LogP contribution in [0.4, 0.5) is 0 Å². The van der Waals surface area contributed by atoms with Crippen molar-refractivity contribution in [3.63, 3.8) is 0 Å². The Kier molecular flexibility index (Phi) is 10.3. The highest BCUT2D eigenvalue weighted by Gasteiger charge is 2.56. The van der Waals surface area contributed by atoms with E-state index in [0.717, 1.165) is 48.0 Å². The Labute approximate surface area is 219 Å². The van der Waals surface area contributed by atoms with Gasteiger partial charge in [-0.05, 0) is 105 Å².